The van der Waals surface area contributed by atoms with E-state index in [1.54, 1.807) is 30.3 Å². The van der Waals surface area contributed by atoms with Crippen LogP contribution in [0, 0.1) is 0 Å². The van der Waals surface area contributed by atoms with Crippen LogP contribution in [0.25, 0.3) is 0 Å². The summed E-state index contributed by atoms with van der Waals surface area (Å²) in [5.41, 5.74) is -2.87. The van der Waals surface area contributed by atoms with Crippen LogP contribution in [0.1, 0.15) is 46.1 Å². The fraction of sp³-hybridized carbons (Fsp3) is 0.682. The van der Waals surface area contributed by atoms with E-state index in [2.05, 4.69) is 33.9 Å². The summed E-state index contributed by atoms with van der Waals surface area (Å²) in [5, 5.41) is 9.42. The van der Waals surface area contributed by atoms with Crippen LogP contribution in [0.2, 0.25) is 18.1 Å². The van der Waals surface area contributed by atoms with Gasteiger partial charge in [-0.3, -0.25) is 0 Å². The van der Waals surface area contributed by atoms with Gasteiger partial charge in [0.1, 0.15) is 0 Å². The Morgan fingerprint density at radius 2 is 1.68 bits per heavy atom. The lowest BCUT2D eigenvalue weighted by atomic mass is 9.99. The van der Waals surface area contributed by atoms with E-state index in [-0.39, 0.29) is 17.7 Å². The van der Waals surface area contributed by atoms with Crippen molar-refractivity contribution in [1.82, 2.24) is 0 Å². The minimum atomic E-state index is -5.09. The van der Waals surface area contributed by atoms with Crippen molar-refractivity contribution < 1.29 is 37.0 Å². The number of carboxylic acid groups (broad SMARTS) is 1. The summed E-state index contributed by atoms with van der Waals surface area (Å²) >= 11 is 0. The minimum Gasteiger partial charge on any atom is -0.479 e. The van der Waals surface area contributed by atoms with Crippen LogP contribution in [0.4, 0.5) is 13.2 Å². The summed E-state index contributed by atoms with van der Waals surface area (Å²) in [6.07, 6.45) is -5.53. The molecule has 31 heavy (non-hydrogen) atoms. The molecule has 2 atom stereocenters. The lowest BCUT2D eigenvalue weighted by Crippen LogP contribution is -2.55. The second-order valence-electron chi connectivity index (χ2n) is 9.24. The Morgan fingerprint density at radius 1 is 1.10 bits per heavy atom. The van der Waals surface area contributed by atoms with Crippen molar-refractivity contribution in [2.24, 2.45) is 0 Å². The van der Waals surface area contributed by atoms with Gasteiger partial charge in [0.25, 0.3) is 5.60 Å². The Kier molecular flexibility index (Phi) is 9.74. The summed E-state index contributed by atoms with van der Waals surface area (Å²) in [7, 11) is -1.95. The summed E-state index contributed by atoms with van der Waals surface area (Å²) in [6.45, 7) is 11.8. The van der Waals surface area contributed by atoms with Gasteiger partial charge >= 0.3 is 12.1 Å². The van der Waals surface area contributed by atoms with Crippen molar-refractivity contribution in [3.63, 3.8) is 0 Å². The summed E-state index contributed by atoms with van der Waals surface area (Å²) in [4.78, 5) is 11.6. The molecule has 0 fully saturated rings. The molecular formula is C22H35F3O5Si. The highest BCUT2D eigenvalue weighted by atomic mass is 28.4. The first-order chi connectivity index (χ1) is 14.1. The molecule has 0 aliphatic heterocycles. The first-order valence-electron chi connectivity index (χ1n) is 10.4. The number of rotatable bonds is 12. The molecule has 5 nitrogen and oxygen atoms in total. The number of hydrogen-bond donors (Lipinski definition) is 1. The van der Waals surface area contributed by atoms with Crippen molar-refractivity contribution >= 4 is 14.3 Å². The average molecular weight is 465 g/mol. The van der Waals surface area contributed by atoms with Crippen LogP contribution in [-0.4, -0.2) is 50.5 Å². The van der Waals surface area contributed by atoms with E-state index in [0.29, 0.717) is 12.0 Å². The molecule has 2 unspecified atom stereocenters. The smallest absolute Gasteiger partial charge is 0.428 e. The van der Waals surface area contributed by atoms with E-state index < -0.39 is 45.7 Å². The van der Waals surface area contributed by atoms with Gasteiger partial charge in [-0.15, -0.1) is 0 Å². The monoisotopic (exact) mass is 464 g/mol. The second kappa shape index (κ2) is 10.9. The topological polar surface area (TPSA) is 65.0 Å². The van der Waals surface area contributed by atoms with Gasteiger partial charge in [-0.1, -0.05) is 51.1 Å². The maximum Gasteiger partial charge on any atom is 0.428 e. The van der Waals surface area contributed by atoms with Crippen LogP contribution in [0.3, 0.4) is 0 Å². The minimum absolute atomic E-state index is 0.0476. The molecule has 178 valence electrons. The number of ether oxygens (including phenoxy) is 2. The molecule has 0 aliphatic carbocycles. The molecule has 1 aromatic carbocycles. The molecule has 0 amide bonds. The number of carbonyl (C=O) groups is 1. The van der Waals surface area contributed by atoms with Crippen molar-refractivity contribution in [3.05, 3.63) is 35.9 Å². The highest BCUT2D eigenvalue weighted by molar-refractivity contribution is 6.74. The summed E-state index contributed by atoms with van der Waals surface area (Å²) in [6, 6.07) is 8.14. The molecule has 0 heterocycles. The predicted octanol–water partition coefficient (Wildman–Crippen LogP) is 5.80. The Morgan fingerprint density at radius 3 is 2.16 bits per heavy atom. The van der Waals surface area contributed by atoms with Gasteiger partial charge in [0, 0.05) is 19.1 Å². The van der Waals surface area contributed by atoms with Crippen LogP contribution < -0.4 is 0 Å². The maximum atomic E-state index is 13.7. The largest absolute Gasteiger partial charge is 0.479 e. The third-order valence-electron chi connectivity index (χ3n) is 5.70. The molecule has 0 bridgehead atoms. The van der Waals surface area contributed by atoms with Gasteiger partial charge in [-0.25, -0.2) is 4.79 Å². The molecule has 0 saturated carbocycles. The molecule has 9 heteroatoms. The predicted molar refractivity (Wildman–Crippen MR) is 115 cm³/mol. The Hall–Kier alpha value is -1.42. The number of carboxylic acids is 1. The van der Waals surface area contributed by atoms with Crippen molar-refractivity contribution in [2.75, 3.05) is 13.2 Å². The van der Waals surface area contributed by atoms with Gasteiger partial charge in [0.05, 0.1) is 13.2 Å². The number of alkyl halides is 3. The lowest BCUT2D eigenvalue weighted by molar-refractivity contribution is -0.282. The average Bonchev–Trinajstić information content (AvgIpc) is 2.62. The van der Waals surface area contributed by atoms with Crippen LogP contribution in [0.15, 0.2) is 30.3 Å². The molecule has 0 aliphatic rings. The quantitative estimate of drug-likeness (QED) is 0.313. The van der Waals surface area contributed by atoms with Crippen LogP contribution >= 0.6 is 0 Å². The zero-order valence-electron chi connectivity index (χ0n) is 19.2. The number of hydrogen-bond acceptors (Lipinski definition) is 4. The van der Waals surface area contributed by atoms with E-state index in [1.807, 2.05) is 6.92 Å². The SMILES string of the molecule is CC(CCOCCC(OCc1ccccc1)(C(=O)O)C(F)(F)F)O[Si](C)(C)C(C)(C)C. The van der Waals surface area contributed by atoms with Crippen molar-refractivity contribution in [1.29, 1.82) is 0 Å². The van der Waals surface area contributed by atoms with Crippen molar-refractivity contribution in [3.8, 4) is 0 Å². The molecule has 1 rings (SSSR count). The second-order valence-corrected chi connectivity index (χ2v) is 14.0. The highest BCUT2D eigenvalue weighted by Gasteiger charge is 2.62. The Labute approximate surface area is 184 Å². The summed E-state index contributed by atoms with van der Waals surface area (Å²) < 4.78 is 57.5. The van der Waals surface area contributed by atoms with Gasteiger partial charge in [-0.2, -0.15) is 13.2 Å². The molecule has 0 radical (unpaired) electrons. The van der Waals surface area contributed by atoms with Gasteiger partial charge in [0.2, 0.25) is 0 Å². The number of aliphatic carboxylic acids is 1. The zero-order valence-corrected chi connectivity index (χ0v) is 20.2. The van der Waals surface area contributed by atoms with E-state index in [1.165, 1.54) is 0 Å². The molecule has 1 aromatic rings. The van der Waals surface area contributed by atoms with Crippen LogP contribution in [0.5, 0.6) is 0 Å². The van der Waals surface area contributed by atoms with E-state index >= 15 is 0 Å². The molecule has 0 saturated heterocycles. The fourth-order valence-electron chi connectivity index (χ4n) is 2.67. The maximum absolute atomic E-state index is 13.7. The molecule has 0 spiro atoms. The normalized spacial score (nSPS) is 16.0. The first kappa shape index (κ1) is 27.6. The van der Waals surface area contributed by atoms with Gasteiger partial charge in [-0.05, 0) is 37.0 Å². The molecule has 0 aromatic heterocycles. The van der Waals surface area contributed by atoms with Gasteiger partial charge in [0.15, 0.2) is 8.32 Å². The highest BCUT2D eigenvalue weighted by Crippen LogP contribution is 2.39. The van der Waals surface area contributed by atoms with Crippen LogP contribution in [-0.2, 0) is 25.3 Å². The third-order valence-corrected chi connectivity index (χ3v) is 10.3. The van der Waals surface area contributed by atoms with E-state index in [0.717, 1.165) is 0 Å². The molecule has 1 N–H and O–H groups in total. The Bertz CT molecular complexity index is 689. The third kappa shape index (κ3) is 7.89. The standard InChI is InChI=1S/C22H35F3O5Si/c1-17(30-31(5,6)20(2,3)4)12-14-28-15-13-21(19(26)27,22(23,24)25)29-16-18-10-8-7-9-11-18/h7-11,17H,12-16H2,1-6H3,(H,26,27). The number of benzene rings is 1. The van der Waals surface area contributed by atoms with Crippen molar-refractivity contribution in [2.45, 2.75) is 83.2 Å². The summed E-state index contributed by atoms with van der Waals surface area (Å²) in [5.74, 6) is -2.07. The lowest BCUT2D eigenvalue weighted by Gasteiger charge is -2.38. The van der Waals surface area contributed by atoms with E-state index in [9.17, 15) is 23.1 Å². The number of halogens is 3. The zero-order chi connectivity index (χ0) is 23.9. The molecular weight excluding hydrogens is 429 g/mol. The Balaban J connectivity index is 2.64. The van der Waals surface area contributed by atoms with Gasteiger partial charge < -0.3 is 19.0 Å². The van der Waals surface area contributed by atoms with E-state index in [4.69, 9.17) is 13.9 Å². The fourth-order valence-corrected chi connectivity index (χ4v) is 4.15. The first-order valence-corrected chi connectivity index (χ1v) is 13.3.